The van der Waals surface area contributed by atoms with E-state index in [0.717, 1.165) is 25.6 Å². The summed E-state index contributed by atoms with van der Waals surface area (Å²) in [7, 11) is -3.39. The first-order valence-electron chi connectivity index (χ1n) is 4.79. The Kier molecular flexibility index (Phi) is 4.31. The van der Waals surface area contributed by atoms with E-state index in [4.69, 9.17) is 9.02 Å². The van der Waals surface area contributed by atoms with Crippen LogP contribution in [0.5, 0.6) is 0 Å². The van der Waals surface area contributed by atoms with Gasteiger partial charge in [-0.1, -0.05) is 6.92 Å². The fourth-order valence-electron chi connectivity index (χ4n) is 1.48. The standard InChI is InChI=1S/C8H17NO4S/c1-3-7(13-14(2,10)11)8-5-4-6-9-12-8/h7-9H,3-6H2,1-2H3. The Morgan fingerprint density at radius 3 is 2.79 bits per heavy atom. The van der Waals surface area contributed by atoms with Crippen molar-refractivity contribution in [1.82, 2.24) is 5.48 Å². The van der Waals surface area contributed by atoms with Crippen LogP contribution >= 0.6 is 0 Å². The smallest absolute Gasteiger partial charge is 0.264 e. The third-order valence-electron chi connectivity index (χ3n) is 2.12. The molecule has 2 unspecified atom stereocenters. The Hall–Kier alpha value is -0.170. The van der Waals surface area contributed by atoms with Crippen LogP contribution in [0.3, 0.4) is 0 Å². The van der Waals surface area contributed by atoms with Crippen LogP contribution < -0.4 is 5.48 Å². The maximum absolute atomic E-state index is 10.9. The van der Waals surface area contributed by atoms with Gasteiger partial charge in [0.05, 0.1) is 6.26 Å². The molecule has 2 atom stereocenters. The van der Waals surface area contributed by atoms with E-state index in [1.807, 2.05) is 6.92 Å². The minimum absolute atomic E-state index is 0.163. The first kappa shape index (κ1) is 11.9. The zero-order valence-corrected chi connectivity index (χ0v) is 9.34. The van der Waals surface area contributed by atoms with Crippen LogP contribution in [-0.2, 0) is 19.1 Å². The average Bonchev–Trinajstić information content (AvgIpc) is 2.14. The van der Waals surface area contributed by atoms with Crippen molar-refractivity contribution >= 4 is 10.1 Å². The van der Waals surface area contributed by atoms with Crippen LogP contribution in [0.1, 0.15) is 26.2 Å². The molecule has 0 spiro atoms. The first-order valence-corrected chi connectivity index (χ1v) is 6.61. The van der Waals surface area contributed by atoms with E-state index < -0.39 is 10.1 Å². The van der Waals surface area contributed by atoms with Crippen molar-refractivity contribution in [3.8, 4) is 0 Å². The molecule has 0 bridgehead atoms. The molecule has 0 saturated carbocycles. The summed E-state index contributed by atoms with van der Waals surface area (Å²) in [5.41, 5.74) is 2.76. The summed E-state index contributed by atoms with van der Waals surface area (Å²) in [4.78, 5) is 5.24. The SMILES string of the molecule is CCC(OS(C)(=O)=O)C1CCCNO1. The topological polar surface area (TPSA) is 64.6 Å². The Labute approximate surface area is 84.9 Å². The highest BCUT2D eigenvalue weighted by atomic mass is 32.2. The third-order valence-corrected chi connectivity index (χ3v) is 2.71. The molecule has 1 rings (SSSR count). The Morgan fingerprint density at radius 2 is 2.36 bits per heavy atom. The second kappa shape index (κ2) is 5.06. The van der Waals surface area contributed by atoms with Gasteiger partial charge in [0.2, 0.25) is 0 Å². The van der Waals surface area contributed by atoms with Gasteiger partial charge in [-0.3, -0.25) is 9.02 Å². The van der Waals surface area contributed by atoms with E-state index in [9.17, 15) is 8.42 Å². The average molecular weight is 223 g/mol. The molecule has 0 amide bonds. The van der Waals surface area contributed by atoms with Gasteiger partial charge in [-0.15, -0.1) is 0 Å². The van der Waals surface area contributed by atoms with Gasteiger partial charge in [-0.05, 0) is 19.3 Å². The van der Waals surface area contributed by atoms with Crippen molar-refractivity contribution in [2.75, 3.05) is 12.8 Å². The van der Waals surface area contributed by atoms with Gasteiger partial charge in [0.15, 0.2) is 0 Å². The molecule has 0 radical (unpaired) electrons. The fraction of sp³-hybridized carbons (Fsp3) is 1.00. The fourth-order valence-corrected chi connectivity index (χ4v) is 2.19. The molecule has 1 heterocycles. The third kappa shape index (κ3) is 3.91. The number of hydrogen-bond acceptors (Lipinski definition) is 5. The number of rotatable bonds is 4. The van der Waals surface area contributed by atoms with Gasteiger partial charge >= 0.3 is 0 Å². The van der Waals surface area contributed by atoms with Gasteiger partial charge < -0.3 is 0 Å². The van der Waals surface area contributed by atoms with Crippen LogP contribution in [0.2, 0.25) is 0 Å². The van der Waals surface area contributed by atoms with Gasteiger partial charge in [-0.25, -0.2) is 5.48 Å². The molecule has 1 aliphatic rings. The van der Waals surface area contributed by atoms with Gasteiger partial charge in [-0.2, -0.15) is 8.42 Å². The van der Waals surface area contributed by atoms with Crippen LogP contribution in [0.25, 0.3) is 0 Å². The molecular weight excluding hydrogens is 206 g/mol. The van der Waals surface area contributed by atoms with E-state index in [1.54, 1.807) is 0 Å². The second-order valence-electron chi connectivity index (χ2n) is 3.44. The zero-order chi connectivity index (χ0) is 10.6. The van der Waals surface area contributed by atoms with Crippen molar-refractivity contribution in [2.24, 2.45) is 0 Å². The lowest BCUT2D eigenvalue weighted by Gasteiger charge is -2.28. The van der Waals surface area contributed by atoms with Crippen molar-refractivity contribution < 1.29 is 17.4 Å². The van der Waals surface area contributed by atoms with E-state index in [2.05, 4.69) is 5.48 Å². The van der Waals surface area contributed by atoms with Gasteiger partial charge in [0, 0.05) is 6.54 Å². The molecule has 0 aromatic rings. The van der Waals surface area contributed by atoms with Crippen LogP contribution in [0, 0.1) is 0 Å². The maximum atomic E-state index is 10.9. The highest BCUT2D eigenvalue weighted by molar-refractivity contribution is 7.86. The second-order valence-corrected chi connectivity index (χ2v) is 5.04. The molecule has 5 nitrogen and oxygen atoms in total. The predicted octanol–water partition coefficient (Wildman–Crippen LogP) is 0.425. The maximum Gasteiger partial charge on any atom is 0.264 e. The lowest BCUT2D eigenvalue weighted by Crippen LogP contribution is -2.40. The van der Waals surface area contributed by atoms with Gasteiger partial charge in [0.1, 0.15) is 12.2 Å². The summed E-state index contributed by atoms with van der Waals surface area (Å²) in [6, 6.07) is 0. The molecule has 84 valence electrons. The summed E-state index contributed by atoms with van der Waals surface area (Å²) in [6.45, 7) is 2.69. The normalized spacial score (nSPS) is 26.0. The lowest BCUT2D eigenvalue weighted by molar-refractivity contribution is -0.102. The molecule has 1 N–H and O–H groups in total. The highest BCUT2D eigenvalue weighted by Crippen LogP contribution is 2.17. The summed E-state index contributed by atoms with van der Waals surface area (Å²) >= 11 is 0. The molecule has 1 saturated heterocycles. The predicted molar refractivity (Wildman–Crippen MR) is 52.1 cm³/mol. The van der Waals surface area contributed by atoms with Crippen molar-refractivity contribution in [3.05, 3.63) is 0 Å². The minimum Gasteiger partial charge on any atom is -0.296 e. The molecule has 0 aliphatic carbocycles. The number of hydrogen-bond donors (Lipinski definition) is 1. The van der Waals surface area contributed by atoms with Crippen LogP contribution in [-0.4, -0.2) is 33.4 Å². The number of nitrogens with one attached hydrogen (secondary N) is 1. The first-order chi connectivity index (χ1) is 6.53. The quantitative estimate of drug-likeness (QED) is 0.700. The van der Waals surface area contributed by atoms with Gasteiger partial charge in [0.25, 0.3) is 10.1 Å². The summed E-state index contributed by atoms with van der Waals surface area (Å²) in [5, 5.41) is 0. The summed E-state index contributed by atoms with van der Waals surface area (Å²) in [5.74, 6) is 0. The molecule has 0 aromatic heterocycles. The molecule has 0 aromatic carbocycles. The monoisotopic (exact) mass is 223 g/mol. The summed E-state index contributed by atoms with van der Waals surface area (Å²) in [6.07, 6.45) is 2.96. The molecular formula is C8H17NO4S. The van der Waals surface area contributed by atoms with Crippen molar-refractivity contribution in [3.63, 3.8) is 0 Å². The summed E-state index contributed by atoms with van der Waals surface area (Å²) < 4.78 is 26.8. The lowest BCUT2D eigenvalue weighted by atomic mass is 10.1. The highest BCUT2D eigenvalue weighted by Gasteiger charge is 2.27. The zero-order valence-electron chi connectivity index (χ0n) is 8.52. The molecule has 6 heteroatoms. The van der Waals surface area contributed by atoms with E-state index in [-0.39, 0.29) is 12.2 Å². The Bertz CT molecular complexity index is 259. The molecule has 14 heavy (non-hydrogen) atoms. The molecule has 1 aliphatic heterocycles. The molecule has 1 fully saturated rings. The van der Waals surface area contributed by atoms with E-state index >= 15 is 0 Å². The largest absolute Gasteiger partial charge is 0.296 e. The van der Waals surface area contributed by atoms with E-state index in [1.165, 1.54) is 0 Å². The van der Waals surface area contributed by atoms with E-state index in [0.29, 0.717) is 6.42 Å². The Morgan fingerprint density at radius 1 is 1.64 bits per heavy atom. The van der Waals surface area contributed by atoms with Crippen molar-refractivity contribution in [1.29, 1.82) is 0 Å². The van der Waals surface area contributed by atoms with Crippen LogP contribution in [0.15, 0.2) is 0 Å². The Balaban J connectivity index is 2.52. The van der Waals surface area contributed by atoms with Crippen LogP contribution in [0.4, 0.5) is 0 Å². The van der Waals surface area contributed by atoms with Crippen molar-refractivity contribution in [2.45, 2.75) is 38.4 Å². The number of hydroxylamine groups is 1. The minimum atomic E-state index is -3.39.